The van der Waals surface area contributed by atoms with Crippen molar-refractivity contribution in [1.29, 1.82) is 0 Å². The molecule has 1 N–H and O–H groups in total. The Morgan fingerprint density at radius 3 is 2.08 bits per heavy atom. The van der Waals surface area contributed by atoms with Gasteiger partial charge in [-0.15, -0.1) is 0 Å². The van der Waals surface area contributed by atoms with E-state index in [-0.39, 0.29) is 0 Å². The van der Waals surface area contributed by atoms with E-state index >= 15 is 0 Å². The zero-order valence-electron chi connectivity index (χ0n) is 9.31. The van der Waals surface area contributed by atoms with Gasteiger partial charge in [-0.1, -0.05) is 26.8 Å². The summed E-state index contributed by atoms with van der Waals surface area (Å²) in [5, 5.41) is 9.36. The van der Waals surface area contributed by atoms with E-state index in [9.17, 15) is 5.11 Å². The monoisotopic (exact) mass is 180 g/mol. The Balaban J connectivity index is 0.000000671. The van der Waals surface area contributed by atoms with Crippen LogP contribution in [-0.2, 0) is 6.42 Å². The lowest BCUT2D eigenvalue weighted by Gasteiger charge is -2.05. The summed E-state index contributed by atoms with van der Waals surface area (Å²) in [5.41, 5.74) is 3.45. The quantitative estimate of drug-likeness (QED) is 0.700. The number of phenols is 1. The average molecular weight is 180 g/mol. The van der Waals surface area contributed by atoms with Gasteiger partial charge in [-0.25, -0.2) is 0 Å². The molecule has 0 aliphatic rings. The van der Waals surface area contributed by atoms with Crippen molar-refractivity contribution in [2.75, 3.05) is 0 Å². The SMILES string of the molecule is CC.CCc1cc(O)c(C)cc1C. The molecule has 1 nitrogen and oxygen atoms in total. The molecule has 0 saturated heterocycles. The van der Waals surface area contributed by atoms with Crippen molar-refractivity contribution in [1.82, 2.24) is 0 Å². The second-order valence-electron chi connectivity index (χ2n) is 2.92. The van der Waals surface area contributed by atoms with Crippen LogP contribution in [0, 0.1) is 13.8 Å². The van der Waals surface area contributed by atoms with Crippen LogP contribution in [0.3, 0.4) is 0 Å². The third kappa shape index (κ3) is 3.10. The summed E-state index contributed by atoms with van der Waals surface area (Å²) in [6.07, 6.45) is 0.986. The highest BCUT2D eigenvalue weighted by atomic mass is 16.3. The van der Waals surface area contributed by atoms with Gasteiger partial charge >= 0.3 is 0 Å². The van der Waals surface area contributed by atoms with E-state index in [0.717, 1.165) is 12.0 Å². The van der Waals surface area contributed by atoms with Gasteiger partial charge < -0.3 is 5.11 Å². The Hall–Kier alpha value is -0.980. The summed E-state index contributed by atoms with van der Waals surface area (Å²) >= 11 is 0. The number of aryl methyl sites for hydroxylation is 3. The fraction of sp³-hybridized carbons (Fsp3) is 0.500. The molecule has 0 unspecified atom stereocenters. The normalized spacial score (nSPS) is 9.00. The fourth-order valence-electron chi connectivity index (χ4n) is 1.27. The number of rotatable bonds is 1. The van der Waals surface area contributed by atoms with Gasteiger partial charge in [0.25, 0.3) is 0 Å². The molecule has 0 heterocycles. The number of hydrogen-bond donors (Lipinski definition) is 1. The topological polar surface area (TPSA) is 20.2 Å². The van der Waals surface area contributed by atoms with Crippen LogP contribution in [-0.4, -0.2) is 5.11 Å². The van der Waals surface area contributed by atoms with Gasteiger partial charge in [-0.3, -0.25) is 0 Å². The van der Waals surface area contributed by atoms with Crippen LogP contribution >= 0.6 is 0 Å². The molecule has 0 radical (unpaired) electrons. The maximum Gasteiger partial charge on any atom is 0.118 e. The summed E-state index contributed by atoms with van der Waals surface area (Å²) < 4.78 is 0. The van der Waals surface area contributed by atoms with Gasteiger partial charge in [0.1, 0.15) is 5.75 Å². The van der Waals surface area contributed by atoms with Gasteiger partial charge in [0.05, 0.1) is 0 Å². The van der Waals surface area contributed by atoms with Crippen LogP contribution in [0.4, 0.5) is 0 Å². The Morgan fingerprint density at radius 2 is 1.62 bits per heavy atom. The van der Waals surface area contributed by atoms with Crippen LogP contribution in [0.1, 0.15) is 37.5 Å². The largest absolute Gasteiger partial charge is 0.508 e. The maximum absolute atomic E-state index is 9.36. The van der Waals surface area contributed by atoms with Crippen molar-refractivity contribution in [3.05, 3.63) is 28.8 Å². The molecule has 0 bridgehead atoms. The zero-order valence-corrected chi connectivity index (χ0v) is 9.31. The molecule has 0 atom stereocenters. The summed E-state index contributed by atoms with van der Waals surface area (Å²) in [5.74, 6) is 0.410. The predicted octanol–water partition coefficient (Wildman–Crippen LogP) is 3.60. The molecule has 0 aliphatic heterocycles. The fourth-order valence-corrected chi connectivity index (χ4v) is 1.27. The van der Waals surface area contributed by atoms with Crippen molar-refractivity contribution in [3.63, 3.8) is 0 Å². The lowest BCUT2D eigenvalue weighted by molar-refractivity contribution is 0.470. The Morgan fingerprint density at radius 1 is 1.08 bits per heavy atom. The standard InChI is InChI=1S/C10H14O.C2H6/c1-4-9-6-10(11)8(3)5-7(9)2;1-2/h5-6,11H,4H2,1-3H3;1-2H3. The van der Waals surface area contributed by atoms with Crippen LogP contribution < -0.4 is 0 Å². The van der Waals surface area contributed by atoms with Gasteiger partial charge in [0.15, 0.2) is 0 Å². The highest BCUT2D eigenvalue weighted by Crippen LogP contribution is 2.21. The Kier molecular flexibility index (Phi) is 5.20. The van der Waals surface area contributed by atoms with E-state index in [0.29, 0.717) is 5.75 Å². The second-order valence-corrected chi connectivity index (χ2v) is 2.92. The Labute approximate surface area is 81.4 Å². The van der Waals surface area contributed by atoms with Crippen molar-refractivity contribution in [3.8, 4) is 5.75 Å². The van der Waals surface area contributed by atoms with Crippen LogP contribution in [0.2, 0.25) is 0 Å². The molecule has 0 aromatic heterocycles. The lowest BCUT2D eigenvalue weighted by Crippen LogP contribution is -1.87. The second kappa shape index (κ2) is 5.63. The predicted molar refractivity (Wildman–Crippen MR) is 58.3 cm³/mol. The maximum atomic E-state index is 9.36. The average Bonchev–Trinajstić information content (AvgIpc) is 2.15. The number of benzene rings is 1. The van der Waals surface area contributed by atoms with Crippen LogP contribution in [0.15, 0.2) is 12.1 Å². The number of phenolic OH excluding ortho intramolecular Hbond substituents is 1. The molecule has 0 saturated carbocycles. The van der Waals surface area contributed by atoms with Crippen LogP contribution in [0.5, 0.6) is 5.75 Å². The molecular weight excluding hydrogens is 160 g/mol. The van der Waals surface area contributed by atoms with Gasteiger partial charge in [-0.2, -0.15) is 0 Å². The summed E-state index contributed by atoms with van der Waals surface area (Å²) in [7, 11) is 0. The minimum Gasteiger partial charge on any atom is -0.508 e. The van der Waals surface area contributed by atoms with Gasteiger partial charge in [0.2, 0.25) is 0 Å². The lowest BCUT2D eigenvalue weighted by atomic mass is 10.0. The molecule has 1 heteroatoms. The van der Waals surface area contributed by atoms with E-state index in [1.165, 1.54) is 11.1 Å². The molecule has 0 amide bonds. The van der Waals surface area contributed by atoms with Crippen LogP contribution in [0.25, 0.3) is 0 Å². The summed E-state index contributed by atoms with van der Waals surface area (Å²) in [6.45, 7) is 10.1. The third-order valence-electron chi connectivity index (χ3n) is 2.04. The number of hydrogen-bond acceptors (Lipinski definition) is 1. The molecule has 13 heavy (non-hydrogen) atoms. The first-order chi connectivity index (χ1) is 6.15. The molecule has 1 aromatic rings. The zero-order chi connectivity index (χ0) is 10.4. The highest BCUT2D eigenvalue weighted by molar-refractivity contribution is 5.40. The summed E-state index contributed by atoms with van der Waals surface area (Å²) in [4.78, 5) is 0. The van der Waals surface area contributed by atoms with Gasteiger partial charge in [0, 0.05) is 0 Å². The molecule has 1 rings (SSSR count). The van der Waals surface area contributed by atoms with Crippen molar-refractivity contribution in [2.45, 2.75) is 41.0 Å². The first-order valence-electron chi connectivity index (χ1n) is 4.94. The molecule has 74 valence electrons. The minimum absolute atomic E-state index is 0.410. The third-order valence-corrected chi connectivity index (χ3v) is 2.04. The van der Waals surface area contributed by atoms with Gasteiger partial charge in [-0.05, 0) is 43.0 Å². The van der Waals surface area contributed by atoms with E-state index in [4.69, 9.17) is 0 Å². The molecule has 0 fully saturated rings. The van der Waals surface area contributed by atoms with E-state index in [2.05, 4.69) is 13.8 Å². The number of aromatic hydroxyl groups is 1. The van der Waals surface area contributed by atoms with Crippen molar-refractivity contribution >= 4 is 0 Å². The van der Waals surface area contributed by atoms with E-state index in [1.54, 1.807) is 0 Å². The molecule has 0 aliphatic carbocycles. The summed E-state index contributed by atoms with van der Waals surface area (Å²) in [6, 6.07) is 3.87. The molecular formula is C12H20O. The first-order valence-corrected chi connectivity index (χ1v) is 4.94. The molecule has 0 spiro atoms. The van der Waals surface area contributed by atoms with Crippen molar-refractivity contribution in [2.24, 2.45) is 0 Å². The minimum atomic E-state index is 0.410. The smallest absolute Gasteiger partial charge is 0.118 e. The highest BCUT2D eigenvalue weighted by Gasteiger charge is 2.00. The van der Waals surface area contributed by atoms with E-state index < -0.39 is 0 Å². The van der Waals surface area contributed by atoms with Crippen molar-refractivity contribution < 1.29 is 5.11 Å². The first kappa shape index (κ1) is 12.0. The van der Waals surface area contributed by atoms with E-state index in [1.807, 2.05) is 32.9 Å². The Bertz CT molecular complexity index is 264. The molecule has 1 aromatic carbocycles.